The van der Waals surface area contributed by atoms with Gasteiger partial charge >= 0.3 is 0 Å². The maximum Gasteiger partial charge on any atom is 0.0622 e. The lowest BCUT2D eigenvalue weighted by Crippen LogP contribution is -2.18. The number of hydrogen-bond donors (Lipinski definition) is 0. The van der Waals surface area contributed by atoms with E-state index in [1.165, 1.54) is 77.4 Å². The van der Waals surface area contributed by atoms with Gasteiger partial charge in [-0.3, -0.25) is 0 Å². The van der Waals surface area contributed by atoms with Crippen LogP contribution in [0.3, 0.4) is 0 Å². The molecule has 2 aliphatic rings. The summed E-state index contributed by atoms with van der Waals surface area (Å²) in [5.74, 6) is 0. The first-order chi connectivity index (χ1) is 36.7. The minimum atomic E-state index is 0.878. The average Bonchev–Trinajstić information content (AvgIpc) is 4.00. The highest BCUT2D eigenvalue weighted by Gasteiger charge is 2.32. The average molecular weight is 947 g/mol. The standard InChI is InChI=1S/C70H50N4/c1-6-23-53(24-7-1)71(54-25-8-2-9-26-54)58-41-43-60(44-42-58)74-67-45-38-51(49-36-39-59(40-37-49)73(57-31-14-5-15-32-57)66-35-19-21-50-20-16-17-33-62(50)66)47-64(67)69-65-48-61(46-52-22-18-34-63(68(52)65)70(69)74)72(55-27-10-3-11-28-55)56-29-12-4-13-30-56/h1-41,43,45-48H,42,44H2. The largest absolute Gasteiger partial charge is 0.314 e. The van der Waals surface area contributed by atoms with Gasteiger partial charge in [0, 0.05) is 73.1 Å². The molecular weight excluding hydrogens is 897 g/mol. The number of allylic oxidation sites excluding steroid dienone is 4. The summed E-state index contributed by atoms with van der Waals surface area (Å²) in [5, 5.41) is 6.20. The number of rotatable bonds is 11. The van der Waals surface area contributed by atoms with Crippen LogP contribution in [0.5, 0.6) is 0 Å². The molecule has 0 N–H and O–H groups in total. The van der Waals surface area contributed by atoms with Crippen LogP contribution in [-0.2, 0) is 0 Å². The summed E-state index contributed by atoms with van der Waals surface area (Å²) < 4.78 is 2.59. The Morgan fingerprint density at radius 3 is 1.47 bits per heavy atom. The minimum absolute atomic E-state index is 0.878. The molecule has 1 aromatic heterocycles. The molecule has 12 aromatic rings. The van der Waals surface area contributed by atoms with Crippen molar-refractivity contribution < 1.29 is 0 Å². The van der Waals surface area contributed by atoms with E-state index in [-0.39, 0.29) is 0 Å². The van der Waals surface area contributed by atoms with Crippen LogP contribution in [0.1, 0.15) is 12.8 Å². The van der Waals surface area contributed by atoms with Crippen LogP contribution >= 0.6 is 0 Å². The topological polar surface area (TPSA) is 14.7 Å². The Labute approximate surface area is 431 Å². The fourth-order valence-corrected chi connectivity index (χ4v) is 11.7. The van der Waals surface area contributed by atoms with Crippen LogP contribution < -0.4 is 14.7 Å². The summed E-state index contributed by atoms with van der Waals surface area (Å²) in [6.45, 7) is 0. The normalized spacial score (nSPS) is 12.6. The van der Waals surface area contributed by atoms with Gasteiger partial charge in [-0.15, -0.1) is 0 Å². The van der Waals surface area contributed by atoms with E-state index in [1.54, 1.807) is 0 Å². The lowest BCUT2D eigenvalue weighted by Gasteiger charge is -2.30. The third-order valence-corrected chi connectivity index (χ3v) is 14.9. The van der Waals surface area contributed by atoms with Gasteiger partial charge in [-0.1, -0.05) is 164 Å². The second kappa shape index (κ2) is 18.2. The SMILES string of the molecule is C1=C(N(c2ccccc2)c2ccccc2)CCC(n2c3c(c4cc(-c5ccc(N(c6ccccc6)c6cccc7ccccc67)cc5)ccc42)-c2cc(N(c4ccccc4)c4ccccc4)cc4cccc-3c24)=C1. The van der Waals surface area contributed by atoms with Crippen molar-refractivity contribution in [2.75, 3.05) is 14.7 Å². The van der Waals surface area contributed by atoms with E-state index in [1.807, 2.05) is 0 Å². The predicted molar refractivity (Wildman–Crippen MR) is 313 cm³/mol. The Balaban J connectivity index is 0.944. The third kappa shape index (κ3) is 7.38. The van der Waals surface area contributed by atoms with Gasteiger partial charge in [-0.25, -0.2) is 0 Å². The molecule has 0 radical (unpaired) electrons. The van der Waals surface area contributed by atoms with Gasteiger partial charge < -0.3 is 19.3 Å². The zero-order valence-corrected chi connectivity index (χ0v) is 40.8. The molecule has 11 aromatic carbocycles. The van der Waals surface area contributed by atoms with Crippen LogP contribution in [0.15, 0.2) is 285 Å². The number of benzene rings is 11. The summed E-state index contributed by atoms with van der Waals surface area (Å²) in [6, 6.07) is 96.9. The third-order valence-electron chi connectivity index (χ3n) is 14.9. The molecule has 0 saturated heterocycles. The van der Waals surface area contributed by atoms with E-state index >= 15 is 0 Å². The molecule has 350 valence electrons. The maximum absolute atomic E-state index is 2.59. The van der Waals surface area contributed by atoms with Crippen molar-refractivity contribution >= 4 is 83.6 Å². The zero-order valence-electron chi connectivity index (χ0n) is 40.8. The fraction of sp³-hybridized carbons (Fsp3) is 0.0286. The number of aromatic nitrogens is 1. The smallest absolute Gasteiger partial charge is 0.0622 e. The van der Waals surface area contributed by atoms with E-state index in [9.17, 15) is 0 Å². The first kappa shape index (κ1) is 43.2. The van der Waals surface area contributed by atoms with E-state index in [2.05, 4.69) is 298 Å². The maximum atomic E-state index is 2.59. The summed E-state index contributed by atoms with van der Waals surface area (Å²) in [5.41, 5.74) is 20.3. The van der Waals surface area contributed by atoms with Crippen molar-refractivity contribution in [2.24, 2.45) is 0 Å². The molecule has 4 heteroatoms. The second-order valence-electron chi connectivity index (χ2n) is 19.2. The van der Waals surface area contributed by atoms with Gasteiger partial charge in [-0.05, 0) is 161 Å². The van der Waals surface area contributed by atoms with E-state index in [0.717, 1.165) is 58.3 Å². The number of nitrogens with zero attached hydrogens (tertiary/aromatic N) is 4. The summed E-state index contributed by atoms with van der Waals surface area (Å²) in [7, 11) is 0. The Hall–Kier alpha value is -9.64. The first-order valence-electron chi connectivity index (χ1n) is 25.6. The molecule has 0 atom stereocenters. The van der Waals surface area contributed by atoms with E-state index in [0.29, 0.717) is 0 Å². The second-order valence-corrected chi connectivity index (χ2v) is 19.2. The Morgan fingerprint density at radius 1 is 0.324 bits per heavy atom. The minimum Gasteiger partial charge on any atom is -0.314 e. The molecule has 0 fully saturated rings. The van der Waals surface area contributed by atoms with Crippen LogP contribution in [0.4, 0.5) is 45.5 Å². The Kier molecular flexibility index (Phi) is 10.6. The van der Waals surface area contributed by atoms with Gasteiger partial charge in [0.25, 0.3) is 0 Å². The van der Waals surface area contributed by atoms with E-state index < -0.39 is 0 Å². The van der Waals surface area contributed by atoms with Gasteiger partial charge in [0.15, 0.2) is 0 Å². The van der Waals surface area contributed by atoms with Crippen molar-refractivity contribution in [1.82, 2.24) is 4.57 Å². The number of anilines is 8. The van der Waals surface area contributed by atoms with Gasteiger partial charge in [-0.2, -0.15) is 0 Å². The van der Waals surface area contributed by atoms with E-state index in [4.69, 9.17) is 0 Å². The molecule has 0 unspecified atom stereocenters. The molecule has 0 saturated carbocycles. The molecule has 0 aliphatic heterocycles. The highest BCUT2D eigenvalue weighted by atomic mass is 15.2. The molecule has 4 nitrogen and oxygen atoms in total. The summed E-state index contributed by atoms with van der Waals surface area (Å²) in [4.78, 5) is 7.18. The van der Waals surface area contributed by atoms with Crippen molar-refractivity contribution in [3.63, 3.8) is 0 Å². The van der Waals surface area contributed by atoms with Gasteiger partial charge in [0.1, 0.15) is 0 Å². The molecule has 0 spiro atoms. The lowest BCUT2D eigenvalue weighted by molar-refractivity contribution is 0.890. The molecule has 14 rings (SSSR count). The zero-order chi connectivity index (χ0) is 49.0. The molecule has 0 bridgehead atoms. The van der Waals surface area contributed by atoms with Gasteiger partial charge in [0.05, 0.1) is 16.9 Å². The molecule has 74 heavy (non-hydrogen) atoms. The monoisotopic (exact) mass is 946 g/mol. The van der Waals surface area contributed by atoms with Crippen LogP contribution in [0.2, 0.25) is 0 Å². The summed E-state index contributed by atoms with van der Waals surface area (Å²) in [6.07, 6.45) is 6.49. The molecule has 1 heterocycles. The molecular formula is C70H50N4. The number of para-hydroxylation sites is 5. The highest BCUT2D eigenvalue weighted by Crippen LogP contribution is 2.56. The van der Waals surface area contributed by atoms with Crippen LogP contribution in [-0.4, -0.2) is 4.57 Å². The number of fused-ring (bicyclic) bond motifs is 6. The summed E-state index contributed by atoms with van der Waals surface area (Å²) >= 11 is 0. The van der Waals surface area contributed by atoms with Crippen molar-refractivity contribution in [3.8, 4) is 33.5 Å². The first-order valence-corrected chi connectivity index (χ1v) is 25.6. The molecule has 2 aliphatic carbocycles. The van der Waals surface area contributed by atoms with Gasteiger partial charge in [0.2, 0.25) is 0 Å². The quantitative estimate of drug-likeness (QED) is 0.128. The van der Waals surface area contributed by atoms with Crippen molar-refractivity contribution in [3.05, 3.63) is 285 Å². The van der Waals surface area contributed by atoms with Crippen molar-refractivity contribution in [2.45, 2.75) is 12.8 Å². The Bertz CT molecular complexity index is 4020. The predicted octanol–water partition coefficient (Wildman–Crippen LogP) is 19.6. The Morgan fingerprint density at radius 2 is 0.851 bits per heavy atom. The number of hydrogen-bond acceptors (Lipinski definition) is 3. The van der Waals surface area contributed by atoms with Crippen LogP contribution in [0.25, 0.3) is 71.7 Å². The lowest BCUT2D eigenvalue weighted by atomic mass is 9.97. The fourth-order valence-electron chi connectivity index (χ4n) is 11.7. The van der Waals surface area contributed by atoms with Crippen molar-refractivity contribution in [1.29, 1.82) is 0 Å². The highest BCUT2D eigenvalue weighted by molar-refractivity contribution is 6.23. The molecule has 0 amide bonds. The van der Waals surface area contributed by atoms with Crippen LogP contribution in [0, 0.1) is 0 Å².